The average molecular weight is 314 g/mol. The lowest BCUT2D eigenvalue weighted by molar-refractivity contribution is -0.142. The number of hydrogen-bond acceptors (Lipinski definition) is 2. The number of carboxylic acid groups (broad SMARTS) is 1. The number of likely N-dealkylation sites (tertiary alicyclic amines) is 1. The number of aliphatic carboxylic acids is 1. The van der Waals surface area contributed by atoms with Gasteiger partial charge in [0, 0.05) is 22.5 Å². The van der Waals surface area contributed by atoms with E-state index in [1.165, 1.54) is 0 Å². The van der Waals surface area contributed by atoms with Crippen LogP contribution in [0.4, 0.5) is 0 Å². The first-order valence-corrected chi connectivity index (χ1v) is 7.23. The zero-order chi connectivity index (χ0) is 14.4. The molecule has 2 fully saturated rings. The van der Waals surface area contributed by atoms with E-state index in [2.05, 4.69) is 0 Å². The zero-order valence-corrected chi connectivity index (χ0v) is 12.1. The smallest absolute Gasteiger partial charge is 0.309 e. The minimum Gasteiger partial charge on any atom is -0.481 e. The van der Waals surface area contributed by atoms with Crippen molar-refractivity contribution in [3.05, 3.63) is 33.8 Å². The van der Waals surface area contributed by atoms with Gasteiger partial charge in [-0.3, -0.25) is 9.59 Å². The molecule has 0 radical (unpaired) electrons. The van der Waals surface area contributed by atoms with Crippen LogP contribution in [0.1, 0.15) is 30.9 Å². The van der Waals surface area contributed by atoms with E-state index in [-0.39, 0.29) is 18.4 Å². The van der Waals surface area contributed by atoms with Crippen LogP contribution < -0.4 is 0 Å². The van der Waals surface area contributed by atoms with Gasteiger partial charge >= 0.3 is 5.97 Å². The summed E-state index contributed by atoms with van der Waals surface area (Å²) in [6, 6.07) is 4.59. The topological polar surface area (TPSA) is 57.6 Å². The van der Waals surface area contributed by atoms with Crippen LogP contribution in [0.15, 0.2) is 18.2 Å². The van der Waals surface area contributed by atoms with Crippen LogP contribution in [-0.4, -0.2) is 27.9 Å². The summed E-state index contributed by atoms with van der Waals surface area (Å²) in [5, 5.41) is 10.3. The van der Waals surface area contributed by atoms with Gasteiger partial charge in [0.25, 0.3) is 0 Å². The third kappa shape index (κ3) is 2.27. The third-order valence-electron chi connectivity index (χ3n) is 3.90. The summed E-state index contributed by atoms with van der Waals surface area (Å²) in [7, 11) is 0. The minimum atomic E-state index is -0.970. The molecule has 2 aliphatic rings. The Morgan fingerprint density at radius 3 is 2.60 bits per heavy atom. The van der Waals surface area contributed by atoms with Crippen LogP contribution in [0.5, 0.6) is 0 Å². The number of carbonyl (C=O) groups is 2. The maximum absolute atomic E-state index is 12.1. The molecule has 3 rings (SSSR count). The predicted molar refractivity (Wildman–Crippen MR) is 74.8 cm³/mol. The molecule has 0 spiro atoms. The standard InChI is InChI=1S/C14H13Cl2NO3/c15-7-1-4-11(16)9(5-7)13-10(14(19)20)6-12(18)17(13)8-2-3-8/h1,4-5,8,10,13H,2-3,6H2,(H,19,20). The molecule has 1 N–H and O–H groups in total. The second-order valence-electron chi connectivity index (χ2n) is 5.29. The number of carboxylic acids is 1. The van der Waals surface area contributed by atoms with Gasteiger partial charge in [0.15, 0.2) is 0 Å². The van der Waals surface area contributed by atoms with Crippen LogP contribution in [0.2, 0.25) is 10.0 Å². The Bertz CT molecular complexity index is 586. The summed E-state index contributed by atoms with van der Waals surface area (Å²) in [5.74, 6) is -1.84. The molecule has 4 nitrogen and oxygen atoms in total. The molecule has 6 heteroatoms. The Balaban J connectivity index is 2.07. The predicted octanol–water partition coefficient (Wildman–Crippen LogP) is 3.13. The highest BCUT2D eigenvalue weighted by molar-refractivity contribution is 6.33. The van der Waals surface area contributed by atoms with Gasteiger partial charge in [-0.2, -0.15) is 0 Å². The summed E-state index contributed by atoms with van der Waals surface area (Å²) in [5.41, 5.74) is 0.629. The van der Waals surface area contributed by atoms with Crippen molar-refractivity contribution >= 4 is 35.1 Å². The molecular weight excluding hydrogens is 301 g/mol. The highest BCUT2D eigenvalue weighted by Gasteiger charge is 2.50. The Hall–Kier alpha value is -1.26. The zero-order valence-electron chi connectivity index (χ0n) is 10.6. The first-order chi connectivity index (χ1) is 9.49. The van der Waals surface area contributed by atoms with Crippen LogP contribution in [0.3, 0.4) is 0 Å². The lowest BCUT2D eigenvalue weighted by Crippen LogP contribution is -2.32. The number of benzene rings is 1. The van der Waals surface area contributed by atoms with Crippen LogP contribution in [0, 0.1) is 5.92 Å². The van der Waals surface area contributed by atoms with E-state index in [0.717, 1.165) is 12.8 Å². The molecular formula is C14H13Cl2NO3. The van der Waals surface area contributed by atoms with Gasteiger partial charge in [-0.15, -0.1) is 0 Å². The van der Waals surface area contributed by atoms with Crippen molar-refractivity contribution in [1.29, 1.82) is 0 Å². The molecule has 1 saturated heterocycles. The van der Waals surface area contributed by atoms with Gasteiger partial charge in [-0.05, 0) is 36.6 Å². The average Bonchev–Trinajstić information content (AvgIpc) is 3.15. The minimum absolute atomic E-state index is 0.0271. The van der Waals surface area contributed by atoms with E-state index in [0.29, 0.717) is 15.6 Å². The fourth-order valence-electron chi connectivity index (χ4n) is 2.87. The van der Waals surface area contributed by atoms with Crippen molar-refractivity contribution in [3.8, 4) is 0 Å². The number of rotatable bonds is 3. The van der Waals surface area contributed by atoms with Gasteiger partial charge in [0.05, 0.1) is 12.0 Å². The largest absolute Gasteiger partial charge is 0.481 e. The Morgan fingerprint density at radius 1 is 1.30 bits per heavy atom. The maximum Gasteiger partial charge on any atom is 0.309 e. The molecule has 1 aliphatic heterocycles. The first-order valence-electron chi connectivity index (χ1n) is 6.48. The molecule has 0 aromatic heterocycles. The van der Waals surface area contributed by atoms with Crippen LogP contribution >= 0.6 is 23.2 Å². The summed E-state index contributed by atoms with van der Waals surface area (Å²) in [6.07, 6.45) is 1.87. The van der Waals surface area contributed by atoms with Gasteiger partial charge in [0.2, 0.25) is 5.91 Å². The fourth-order valence-corrected chi connectivity index (χ4v) is 3.28. The van der Waals surface area contributed by atoms with Gasteiger partial charge in [-0.1, -0.05) is 23.2 Å². The summed E-state index contributed by atoms with van der Waals surface area (Å²) < 4.78 is 0. The van der Waals surface area contributed by atoms with E-state index < -0.39 is 17.9 Å². The molecule has 1 aliphatic carbocycles. The molecule has 2 atom stereocenters. The lowest BCUT2D eigenvalue weighted by Gasteiger charge is -2.28. The summed E-state index contributed by atoms with van der Waals surface area (Å²) in [4.78, 5) is 25.3. The molecule has 20 heavy (non-hydrogen) atoms. The number of hydrogen-bond donors (Lipinski definition) is 1. The van der Waals surface area contributed by atoms with Crippen molar-refractivity contribution in [2.24, 2.45) is 5.92 Å². The van der Waals surface area contributed by atoms with E-state index in [4.69, 9.17) is 23.2 Å². The maximum atomic E-state index is 12.1. The molecule has 2 unspecified atom stereocenters. The van der Waals surface area contributed by atoms with E-state index in [9.17, 15) is 14.7 Å². The highest BCUT2D eigenvalue weighted by Crippen LogP contribution is 2.47. The second kappa shape index (κ2) is 4.93. The molecule has 1 heterocycles. The third-order valence-corrected chi connectivity index (χ3v) is 4.48. The normalized spacial score (nSPS) is 26.1. The quantitative estimate of drug-likeness (QED) is 0.932. The Kier molecular flexibility index (Phi) is 3.38. The summed E-state index contributed by atoms with van der Waals surface area (Å²) in [6.45, 7) is 0. The van der Waals surface area contributed by atoms with Gasteiger partial charge < -0.3 is 10.0 Å². The van der Waals surface area contributed by atoms with Crippen molar-refractivity contribution in [2.75, 3.05) is 0 Å². The molecule has 1 aromatic carbocycles. The van der Waals surface area contributed by atoms with Gasteiger partial charge in [0.1, 0.15) is 0 Å². The number of amides is 1. The molecule has 1 amide bonds. The lowest BCUT2D eigenvalue weighted by atomic mass is 9.93. The number of carbonyl (C=O) groups excluding carboxylic acids is 1. The van der Waals surface area contributed by atoms with Crippen LogP contribution in [-0.2, 0) is 9.59 Å². The molecule has 1 saturated carbocycles. The molecule has 1 aromatic rings. The first kappa shape index (κ1) is 13.7. The summed E-state index contributed by atoms with van der Waals surface area (Å²) >= 11 is 12.2. The van der Waals surface area contributed by atoms with E-state index in [1.807, 2.05) is 0 Å². The highest BCUT2D eigenvalue weighted by atomic mass is 35.5. The molecule has 0 bridgehead atoms. The number of nitrogens with zero attached hydrogens (tertiary/aromatic N) is 1. The van der Waals surface area contributed by atoms with E-state index in [1.54, 1.807) is 23.1 Å². The molecule has 106 valence electrons. The SMILES string of the molecule is O=C(O)C1CC(=O)N(C2CC2)C1c1cc(Cl)ccc1Cl. The van der Waals surface area contributed by atoms with Gasteiger partial charge in [-0.25, -0.2) is 0 Å². The fraction of sp³-hybridized carbons (Fsp3) is 0.429. The Labute approximate surface area is 126 Å². The number of halogens is 2. The second-order valence-corrected chi connectivity index (χ2v) is 6.14. The monoisotopic (exact) mass is 313 g/mol. The van der Waals surface area contributed by atoms with Crippen molar-refractivity contribution in [2.45, 2.75) is 31.3 Å². The van der Waals surface area contributed by atoms with Crippen molar-refractivity contribution < 1.29 is 14.7 Å². The van der Waals surface area contributed by atoms with Crippen molar-refractivity contribution in [3.63, 3.8) is 0 Å². The Morgan fingerprint density at radius 2 is 2.00 bits per heavy atom. The van der Waals surface area contributed by atoms with E-state index >= 15 is 0 Å². The van der Waals surface area contributed by atoms with Crippen molar-refractivity contribution in [1.82, 2.24) is 4.90 Å². The van der Waals surface area contributed by atoms with Crippen LogP contribution in [0.25, 0.3) is 0 Å².